The van der Waals surface area contributed by atoms with Crippen LogP contribution in [-0.2, 0) is 22.7 Å². The molecule has 0 aliphatic carbocycles. The first-order chi connectivity index (χ1) is 10.6. The monoisotopic (exact) mass is 302 g/mol. The highest BCUT2D eigenvalue weighted by Gasteiger charge is 2.21. The maximum absolute atomic E-state index is 11.5. The average molecular weight is 302 g/mol. The summed E-state index contributed by atoms with van der Waals surface area (Å²) < 4.78 is 20.6. The average Bonchev–Trinajstić information content (AvgIpc) is 3.08. The number of hydrogen-bond acceptors (Lipinski definition) is 6. The molecule has 0 fully saturated rings. The summed E-state index contributed by atoms with van der Waals surface area (Å²) in [4.78, 5) is 23.0. The van der Waals surface area contributed by atoms with Crippen molar-refractivity contribution in [1.82, 2.24) is 0 Å². The van der Waals surface area contributed by atoms with Gasteiger partial charge in [-0.1, -0.05) is 6.07 Å². The molecule has 1 aromatic carbocycles. The van der Waals surface area contributed by atoms with Crippen LogP contribution < -0.4 is 4.74 Å². The molecule has 0 unspecified atom stereocenters. The molecule has 0 radical (unpaired) electrons. The molecule has 0 atom stereocenters. The number of furan rings is 1. The number of cyclic esters (lactones) is 1. The Bertz CT molecular complexity index is 743. The van der Waals surface area contributed by atoms with Gasteiger partial charge in [-0.15, -0.1) is 0 Å². The third-order valence-electron chi connectivity index (χ3n) is 3.38. The molecule has 1 aromatic heterocycles. The van der Waals surface area contributed by atoms with Gasteiger partial charge in [-0.3, -0.25) is 0 Å². The summed E-state index contributed by atoms with van der Waals surface area (Å²) in [5.41, 5.74) is 2.05. The van der Waals surface area contributed by atoms with E-state index in [9.17, 15) is 9.59 Å². The van der Waals surface area contributed by atoms with Crippen molar-refractivity contribution in [3.05, 3.63) is 52.5 Å². The zero-order chi connectivity index (χ0) is 15.7. The molecule has 2 heterocycles. The molecule has 0 amide bonds. The zero-order valence-electron chi connectivity index (χ0n) is 12.2. The number of methoxy groups -OCH3 is 1. The first-order valence-electron chi connectivity index (χ1n) is 6.69. The van der Waals surface area contributed by atoms with Crippen LogP contribution in [-0.4, -0.2) is 19.0 Å². The normalized spacial score (nSPS) is 12.7. The molecule has 0 saturated carbocycles. The predicted molar refractivity (Wildman–Crippen MR) is 74.7 cm³/mol. The van der Waals surface area contributed by atoms with Crippen molar-refractivity contribution < 1.29 is 28.2 Å². The molecule has 1 aliphatic heterocycles. The SMILES string of the molecule is COC(=O)c1oc(COc2ccc3c(c2)C(=O)OC3)cc1C. The molecule has 0 spiro atoms. The van der Waals surface area contributed by atoms with E-state index in [1.807, 2.05) is 0 Å². The Labute approximate surface area is 126 Å². The molecule has 114 valence electrons. The second kappa shape index (κ2) is 5.55. The highest BCUT2D eigenvalue weighted by Crippen LogP contribution is 2.25. The lowest BCUT2D eigenvalue weighted by Gasteiger charge is -2.05. The Morgan fingerprint density at radius 3 is 2.91 bits per heavy atom. The summed E-state index contributed by atoms with van der Waals surface area (Å²) in [5.74, 6) is 0.331. The van der Waals surface area contributed by atoms with Crippen molar-refractivity contribution >= 4 is 11.9 Å². The Hall–Kier alpha value is -2.76. The Morgan fingerprint density at radius 2 is 2.14 bits per heavy atom. The number of fused-ring (bicyclic) bond motifs is 1. The first kappa shape index (κ1) is 14.2. The van der Waals surface area contributed by atoms with Crippen molar-refractivity contribution in [1.29, 1.82) is 0 Å². The highest BCUT2D eigenvalue weighted by molar-refractivity contribution is 5.93. The zero-order valence-corrected chi connectivity index (χ0v) is 12.2. The van der Waals surface area contributed by atoms with Gasteiger partial charge in [0.15, 0.2) is 0 Å². The van der Waals surface area contributed by atoms with Crippen molar-refractivity contribution in [2.45, 2.75) is 20.1 Å². The highest BCUT2D eigenvalue weighted by atomic mass is 16.5. The molecule has 0 bridgehead atoms. The summed E-state index contributed by atoms with van der Waals surface area (Å²) in [5, 5.41) is 0. The van der Waals surface area contributed by atoms with Crippen LogP contribution in [0.2, 0.25) is 0 Å². The second-order valence-corrected chi connectivity index (χ2v) is 4.90. The van der Waals surface area contributed by atoms with E-state index in [4.69, 9.17) is 13.9 Å². The molecule has 2 aromatic rings. The van der Waals surface area contributed by atoms with Gasteiger partial charge in [0.25, 0.3) is 0 Å². The minimum absolute atomic E-state index is 0.145. The van der Waals surface area contributed by atoms with E-state index < -0.39 is 5.97 Å². The summed E-state index contributed by atoms with van der Waals surface area (Å²) in [7, 11) is 1.30. The van der Waals surface area contributed by atoms with E-state index in [-0.39, 0.29) is 18.3 Å². The van der Waals surface area contributed by atoms with Gasteiger partial charge in [-0.2, -0.15) is 0 Å². The van der Waals surface area contributed by atoms with Gasteiger partial charge in [-0.05, 0) is 25.1 Å². The summed E-state index contributed by atoms with van der Waals surface area (Å²) >= 11 is 0. The number of aryl methyl sites for hydroxylation is 1. The fourth-order valence-electron chi connectivity index (χ4n) is 2.25. The molecule has 3 rings (SSSR count). The van der Waals surface area contributed by atoms with Crippen LogP contribution in [0.5, 0.6) is 5.75 Å². The molecule has 0 saturated heterocycles. The standard InChI is InChI=1S/C16H14O6/c1-9-5-12(22-14(9)16(18)19-2)8-20-11-4-3-10-7-21-15(17)13(10)6-11/h3-6H,7-8H2,1-2H3. The van der Waals surface area contributed by atoms with Crippen LogP contribution in [0.25, 0.3) is 0 Å². The quantitative estimate of drug-likeness (QED) is 0.808. The lowest BCUT2D eigenvalue weighted by molar-refractivity contribution is 0.0531. The maximum Gasteiger partial charge on any atom is 0.374 e. The van der Waals surface area contributed by atoms with Gasteiger partial charge >= 0.3 is 11.9 Å². The minimum Gasteiger partial charge on any atom is -0.486 e. The fourth-order valence-corrected chi connectivity index (χ4v) is 2.25. The van der Waals surface area contributed by atoms with Crippen molar-refractivity contribution in [2.75, 3.05) is 7.11 Å². The number of carbonyl (C=O) groups excluding carboxylic acids is 2. The second-order valence-electron chi connectivity index (χ2n) is 4.90. The maximum atomic E-state index is 11.5. The number of ether oxygens (including phenoxy) is 3. The van der Waals surface area contributed by atoms with E-state index in [1.165, 1.54) is 7.11 Å². The predicted octanol–water partition coefficient (Wildman–Crippen LogP) is 2.62. The largest absolute Gasteiger partial charge is 0.486 e. The van der Waals surface area contributed by atoms with Crippen molar-refractivity contribution in [3.63, 3.8) is 0 Å². The smallest absolute Gasteiger partial charge is 0.374 e. The number of rotatable bonds is 4. The van der Waals surface area contributed by atoms with Crippen LogP contribution in [0.15, 0.2) is 28.7 Å². The van der Waals surface area contributed by atoms with Crippen LogP contribution in [0, 0.1) is 6.92 Å². The van der Waals surface area contributed by atoms with E-state index in [2.05, 4.69) is 4.74 Å². The van der Waals surface area contributed by atoms with Crippen molar-refractivity contribution in [2.24, 2.45) is 0 Å². The van der Waals surface area contributed by atoms with Crippen LogP contribution in [0.1, 0.15) is 37.8 Å². The van der Waals surface area contributed by atoms with Gasteiger partial charge in [0.05, 0.1) is 12.7 Å². The molecule has 0 N–H and O–H groups in total. The van der Waals surface area contributed by atoms with Gasteiger partial charge in [-0.25, -0.2) is 9.59 Å². The van der Waals surface area contributed by atoms with Crippen LogP contribution in [0.3, 0.4) is 0 Å². The van der Waals surface area contributed by atoms with E-state index >= 15 is 0 Å². The fraction of sp³-hybridized carbons (Fsp3) is 0.250. The number of esters is 2. The van der Waals surface area contributed by atoms with E-state index in [0.29, 0.717) is 29.2 Å². The number of benzene rings is 1. The molecular formula is C16H14O6. The third-order valence-corrected chi connectivity index (χ3v) is 3.38. The van der Waals surface area contributed by atoms with Crippen LogP contribution >= 0.6 is 0 Å². The topological polar surface area (TPSA) is 75.0 Å². The molecule has 22 heavy (non-hydrogen) atoms. The van der Waals surface area contributed by atoms with Gasteiger partial charge < -0.3 is 18.6 Å². The lowest BCUT2D eigenvalue weighted by atomic mass is 10.1. The molecule has 1 aliphatic rings. The number of hydrogen-bond donors (Lipinski definition) is 0. The van der Waals surface area contributed by atoms with Crippen LogP contribution in [0.4, 0.5) is 0 Å². The molecule has 6 nitrogen and oxygen atoms in total. The van der Waals surface area contributed by atoms with Gasteiger partial charge in [0.2, 0.25) is 5.76 Å². The summed E-state index contributed by atoms with van der Waals surface area (Å²) in [6, 6.07) is 6.91. The Kier molecular flexibility index (Phi) is 3.58. The molecular weight excluding hydrogens is 288 g/mol. The summed E-state index contributed by atoms with van der Waals surface area (Å²) in [6.45, 7) is 2.20. The van der Waals surface area contributed by atoms with Crippen molar-refractivity contribution in [3.8, 4) is 5.75 Å². The summed E-state index contributed by atoms with van der Waals surface area (Å²) in [6.07, 6.45) is 0. The van der Waals surface area contributed by atoms with Gasteiger partial charge in [0.1, 0.15) is 24.7 Å². The number of carbonyl (C=O) groups is 2. The first-order valence-corrected chi connectivity index (χ1v) is 6.69. The van der Waals surface area contributed by atoms with E-state index in [1.54, 1.807) is 31.2 Å². The Morgan fingerprint density at radius 1 is 1.32 bits per heavy atom. The lowest BCUT2D eigenvalue weighted by Crippen LogP contribution is -2.01. The van der Waals surface area contributed by atoms with Gasteiger partial charge in [0, 0.05) is 11.1 Å². The third kappa shape index (κ3) is 2.55. The Balaban J connectivity index is 1.72. The van der Waals surface area contributed by atoms with E-state index in [0.717, 1.165) is 5.56 Å². The minimum atomic E-state index is -0.524. The molecule has 6 heteroatoms.